The number of hydrogen-bond donors (Lipinski definition) is 1. The average molecular weight is 386 g/mol. The summed E-state index contributed by atoms with van der Waals surface area (Å²) < 4.78 is 20.7. The molecule has 1 aromatic heterocycles. The Morgan fingerprint density at radius 1 is 1.19 bits per heavy atom. The number of ether oxygens (including phenoxy) is 1. The van der Waals surface area contributed by atoms with E-state index in [0.29, 0.717) is 11.6 Å². The quantitative estimate of drug-likeness (QED) is 0.674. The first-order valence-electron chi connectivity index (χ1n) is 9.12. The summed E-state index contributed by atoms with van der Waals surface area (Å²) in [6.45, 7) is 2.31. The summed E-state index contributed by atoms with van der Waals surface area (Å²) in [5.74, 6) is -0.268. The summed E-state index contributed by atoms with van der Waals surface area (Å²) in [5.41, 5.74) is 3.54. The summed E-state index contributed by atoms with van der Waals surface area (Å²) in [6.07, 6.45) is 4.47. The smallest absolute Gasteiger partial charge is 0.123 e. The third kappa shape index (κ3) is 4.21. The molecule has 4 nitrogen and oxygen atoms in total. The predicted octanol–water partition coefficient (Wildman–Crippen LogP) is 4.60. The number of nitrogens with one attached hydrogen (secondary N) is 1. The summed E-state index contributed by atoms with van der Waals surface area (Å²) in [6, 6.07) is 14.0. The van der Waals surface area contributed by atoms with E-state index in [0.717, 1.165) is 48.5 Å². The van der Waals surface area contributed by atoms with E-state index in [9.17, 15) is 4.39 Å². The lowest BCUT2D eigenvalue weighted by Gasteiger charge is -2.10. The molecule has 0 aliphatic carbocycles. The molecule has 0 radical (unpaired) electrons. The van der Waals surface area contributed by atoms with E-state index in [4.69, 9.17) is 21.4 Å². The molecule has 27 heavy (non-hydrogen) atoms. The van der Waals surface area contributed by atoms with Gasteiger partial charge in [-0.3, -0.25) is 0 Å². The normalized spacial score (nSPS) is 16.7. The fourth-order valence-electron chi connectivity index (χ4n) is 3.32. The van der Waals surface area contributed by atoms with Gasteiger partial charge in [-0.05, 0) is 43.2 Å². The first-order chi connectivity index (χ1) is 13.2. The zero-order chi connectivity index (χ0) is 18.6. The van der Waals surface area contributed by atoms with Crippen molar-refractivity contribution in [2.75, 3.05) is 13.2 Å². The Kier molecular flexibility index (Phi) is 5.53. The summed E-state index contributed by atoms with van der Waals surface area (Å²) in [4.78, 5) is 0. The van der Waals surface area contributed by atoms with E-state index in [-0.39, 0.29) is 11.9 Å². The van der Waals surface area contributed by atoms with Crippen LogP contribution in [0, 0.1) is 5.82 Å². The van der Waals surface area contributed by atoms with Gasteiger partial charge >= 0.3 is 0 Å². The van der Waals surface area contributed by atoms with Crippen LogP contribution in [0.1, 0.15) is 18.4 Å². The average Bonchev–Trinajstić information content (AvgIpc) is 3.33. The highest BCUT2D eigenvalue weighted by Crippen LogP contribution is 2.30. The lowest BCUT2D eigenvalue weighted by molar-refractivity contribution is 0.110. The molecule has 1 saturated heterocycles. The number of rotatable bonds is 6. The Labute approximate surface area is 162 Å². The Bertz CT molecular complexity index is 904. The molecule has 1 N–H and O–H groups in total. The van der Waals surface area contributed by atoms with Crippen LogP contribution in [0.3, 0.4) is 0 Å². The maximum absolute atomic E-state index is 13.3. The minimum atomic E-state index is -0.268. The first kappa shape index (κ1) is 18.2. The SMILES string of the molecule is Fc1ccc(-n2cc(CNC[C@@H]3CCCO3)c(-c3ccccc3Cl)n2)cc1. The van der Waals surface area contributed by atoms with E-state index >= 15 is 0 Å². The molecule has 140 valence electrons. The fourth-order valence-corrected chi connectivity index (χ4v) is 3.54. The molecule has 1 aliphatic heterocycles. The van der Waals surface area contributed by atoms with Crippen molar-refractivity contribution in [3.05, 3.63) is 71.1 Å². The van der Waals surface area contributed by atoms with Gasteiger partial charge in [0, 0.05) is 37.0 Å². The van der Waals surface area contributed by atoms with Gasteiger partial charge < -0.3 is 10.1 Å². The second kappa shape index (κ2) is 8.21. The topological polar surface area (TPSA) is 39.1 Å². The van der Waals surface area contributed by atoms with Crippen LogP contribution >= 0.6 is 11.6 Å². The van der Waals surface area contributed by atoms with E-state index in [1.165, 1.54) is 12.1 Å². The number of halogens is 2. The number of nitrogens with zero attached hydrogens (tertiary/aromatic N) is 2. The molecule has 2 heterocycles. The maximum Gasteiger partial charge on any atom is 0.123 e. The summed E-state index contributed by atoms with van der Waals surface area (Å²) in [7, 11) is 0. The molecule has 0 saturated carbocycles. The van der Waals surface area contributed by atoms with Crippen LogP contribution in [0.25, 0.3) is 16.9 Å². The zero-order valence-electron chi connectivity index (χ0n) is 14.9. The molecule has 3 aromatic rings. The van der Waals surface area contributed by atoms with Crippen molar-refractivity contribution in [3.8, 4) is 16.9 Å². The highest BCUT2D eigenvalue weighted by molar-refractivity contribution is 6.33. The molecule has 0 unspecified atom stereocenters. The van der Waals surface area contributed by atoms with Crippen LogP contribution < -0.4 is 5.32 Å². The van der Waals surface area contributed by atoms with Gasteiger partial charge in [-0.15, -0.1) is 0 Å². The Morgan fingerprint density at radius 3 is 2.74 bits per heavy atom. The van der Waals surface area contributed by atoms with E-state index in [2.05, 4.69) is 5.32 Å². The molecule has 0 spiro atoms. The largest absolute Gasteiger partial charge is 0.377 e. The second-order valence-corrected chi connectivity index (χ2v) is 7.08. The van der Waals surface area contributed by atoms with Crippen molar-refractivity contribution in [1.82, 2.24) is 15.1 Å². The van der Waals surface area contributed by atoms with Crippen molar-refractivity contribution in [1.29, 1.82) is 0 Å². The van der Waals surface area contributed by atoms with Crippen LogP contribution in [-0.4, -0.2) is 29.0 Å². The molecule has 0 bridgehead atoms. The summed E-state index contributed by atoms with van der Waals surface area (Å²) in [5, 5.41) is 8.85. The first-order valence-corrected chi connectivity index (χ1v) is 9.50. The molecular formula is C21H21ClFN3O. The van der Waals surface area contributed by atoms with Crippen molar-refractivity contribution < 1.29 is 9.13 Å². The van der Waals surface area contributed by atoms with Crippen molar-refractivity contribution in [3.63, 3.8) is 0 Å². The van der Waals surface area contributed by atoms with Crippen molar-refractivity contribution in [2.24, 2.45) is 0 Å². The van der Waals surface area contributed by atoms with Gasteiger partial charge in [0.25, 0.3) is 0 Å². The summed E-state index contributed by atoms with van der Waals surface area (Å²) >= 11 is 6.41. The molecule has 6 heteroatoms. The molecular weight excluding hydrogens is 365 g/mol. The predicted molar refractivity (Wildman–Crippen MR) is 105 cm³/mol. The van der Waals surface area contributed by atoms with Gasteiger partial charge in [0.15, 0.2) is 0 Å². The highest BCUT2D eigenvalue weighted by atomic mass is 35.5. The van der Waals surface area contributed by atoms with Crippen LogP contribution in [0.2, 0.25) is 5.02 Å². The van der Waals surface area contributed by atoms with E-state index in [1.807, 2.05) is 30.5 Å². The number of hydrogen-bond acceptors (Lipinski definition) is 3. The Hall–Kier alpha value is -2.21. The van der Waals surface area contributed by atoms with Gasteiger partial charge in [-0.1, -0.05) is 29.8 Å². The highest BCUT2D eigenvalue weighted by Gasteiger charge is 2.17. The monoisotopic (exact) mass is 385 g/mol. The molecule has 1 atom stereocenters. The zero-order valence-corrected chi connectivity index (χ0v) is 15.6. The fraction of sp³-hybridized carbons (Fsp3) is 0.286. The van der Waals surface area contributed by atoms with Crippen LogP contribution in [0.5, 0.6) is 0 Å². The molecule has 1 fully saturated rings. The Morgan fingerprint density at radius 2 is 2.00 bits per heavy atom. The van der Waals surface area contributed by atoms with E-state index in [1.54, 1.807) is 16.8 Å². The number of benzene rings is 2. The standard InChI is InChI=1S/C21H21ClFN3O/c22-20-6-2-1-5-19(20)21-15(12-24-13-18-4-3-11-27-18)14-26(25-21)17-9-7-16(23)8-10-17/h1-2,5-10,14,18,24H,3-4,11-13H2/t18-/m0/s1. The molecule has 1 aliphatic rings. The minimum Gasteiger partial charge on any atom is -0.377 e. The van der Waals surface area contributed by atoms with Gasteiger partial charge in [0.2, 0.25) is 0 Å². The van der Waals surface area contributed by atoms with E-state index < -0.39 is 0 Å². The van der Waals surface area contributed by atoms with Crippen molar-refractivity contribution in [2.45, 2.75) is 25.5 Å². The maximum atomic E-state index is 13.3. The Balaban J connectivity index is 1.62. The minimum absolute atomic E-state index is 0.268. The van der Waals surface area contributed by atoms with Crippen molar-refractivity contribution >= 4 is 11.6 Å². The van der Waals surface area contributed by atoms with Crippen LogP contribution in [0.4, 0.5) is 4.39 Å². The number of aromatic nitrogens is 2. The lowest BCUT2D eigenvalue weighted by Crippen LogP contribution is -2.25. The third-order valence-corrected chi connectivity index (χ3v) is 5.05. The van der Waals surface area contributed by atoms with Gasteiger partial charge in [0.05, 0.1) is 22.5 Å². The lowest BCUT2D eigenvalue weighted by atomic mass is 10.1. The molecule has 2 aromatic carbocycles. The van der Waals surface area contributed by atoms with Gasteiger partial charge in [-0.25, -0.2) is 9.07 Å². The molecule has 0 amide bonds. The van der Waals surface area contributed by atoms with Gasteiger partial charge in [0.1, 0.15) is 5.82 Å². The van der Waals surface area contributed by atoms with Crippen LogP contribution in [-0.2, 0) is 11.3 Å². The third-order valence-electron chi connectivity index (χ3n) is 4.72. The second-order valence-electron chi connectivity index (χ2n) is 6.67. The van der Waals surface area contributed by atoms with Crippen LogP contribution in [0.15, 0.2) is 54.7 Å². The molecule has 4 rings (SSSR count). The van der Waals surface area contributed by atoms with Gasteiger partial charge in [-0.2, -0.15) is 5.10 Å².